The molecule has 140 valence electrons. The van der Waals surface area contributed by atoms with Crippen LogP contribution in [-0.2, 0) is 6.61 Å². The van der Waals surface area contributed by atoms with Gasteiger partial charge in [0.05, 0.1) is 28.4 Å². The van der Waals surface area contributed by atoms with Crippen LogP contribution in [0.4, 0.5) is 0 Å². The number of aryl methyl sites for hydroxylation is 2. The van der Waals surface area contributed by atoms with E-state index in [-0.39, 0.29) is 19.1 Å². The second kappa shape index (κ2) is 8.34. The summed E-state index contributed by atoms with van der Waals surface area (Å²) in [5.41, 5.74) is 4.91. The number of carbonyl (C=O) groups excluding carboxylic acids is 1. The summed E-state index contributed by atoms with van der Waals surface area (Å²) in [7, 11) is 0. The maximum Gasteiger partial charge on any atom is 0.251 e. The van der Waals surface area contributed by atoms with Crippen LogP contribution < -0.4 is 5.32 Å². The molecule has 0 spiro atoms. The maximum absolute atomic E-state index is 12.6. The second-order valence-electron chi connectivity index (χ2n) is 6.09. The van der Waals surface area contributed by atoms with Gasteiger partial charge in [-0.25, -0.2) is 15.0 Å². The van der Waals surface area contributed by atoms with Crippen molar-refractivity contribution in [2.24, 2.45) is 0 Å². The third-order valence-corrected chi connectivity index (χ3v) is 5.19. The molecule has 0 fully saturated rings. The van der Waals surface area contributed by atoms with Crippen LogP contribution in [0.3, 0.4) is 0 Å². The van der Waals surface area contributed by atoms with Gasteiger partial charge >= 0.3 is 0 Å². The minimum atomic E-state index is -0.797. The number of hydrogen-bond acceptors (Lipinski definition) is 7. The summed E-state index contributed by atoms with van der Waals surface area (Å²) < 4.78 is 0. The second-order valence-corrected chi connectivity index (χ2v) is 6.97. The fourth-order valence-corrected chi connectivity index (χ4v) is 3.43. The van der Waals surface area contributed by atoms with Gasteiger partial charge in [-0.2, -0.15) is 0 Å². The normalized spacial score (nSPS) is 12.0. The number of amides is 1. The maximum atomic E-state index is 12.6. The molecule has 8 heteroatoms. The number of thiazole rings is 1. The van der Waals surface area contributed by atoms with E-state index in [1.165, 1.54) is 11.3 Å². The van der Waals surface area contributed by atoms with Crippen molar-refractivity contribution in [3.8, 4) is 11.4 Å². The van der Waals surface area contributed by atoms with E-state index in [1.54, 1.807) is 23.8 Å². The molecule has 3 rings (SSSR count). The number of rotatable bonds is 6. The van der Waals surface area contributed by atoms with Crippen molar-refractivity contribution in [3.63, 3.8) is 0 Å². The number of aromatic nitrogens is 3. The first kappa shape index (κ1) is 19.1. The Hall–Kier alpha value is -2.68. The van der Waals surface area contributed by atoms with Crippen molar-refractivity contribution in [2.75, 3.05) is 6.54 Å². The fraction of sp³-hybridized carbons (Fsp3) is 0.263. The highest BCUT2D eigenvalue weighted by Gasteiger charge is 2.16. The van der Waals surface area contributed by atoms with E-state index in [0.29, 0.717) is 22.6 Å². The molecule has 0 saturated heterocycles. The number of hydrogen-bond donors (Lipinski definition) is 3. The highest BCUT2D eigenvalue weighted by Crippen LogP contribution is 2.22. The number of carbonyl (C=O) groups is 1. The first-order valence-corrected chi connectivity index (χ1v) is 9.27. The van der Waals surface area contributed by atoms with E-state index >= 15 is 0 Å². The van der Waals surface area contributed by atoms with Gasteiger partial charge in [0.25, 0.3) is 5.91 Å². The molecule has 27 heavy (non-hydrogen) atoms. The van der Waals surface area contributed by atoms with E-state index in [2.05, 4.69) is 20.3 Å². The Morgan fingerprint density at radius 3 is 2.78 bits per heavy atom. The number of aliphatic hydroxyl groups excluding tert-OH is 2. The van der Waals surface area contributed by atoms with E-state index in [1.807, 2.05) is 26.0 Å². The molecule has 1 atom stereocenters. The highest BCUT2D eigenvalue weighted by atomic mass is 32.1. The van der Waals surface area contributed by atoms with E-state index in [9.17, 15) is 15.0 Å². The third kappa shape index (κ3) is 4.36. The van der Waals surface area contributed by atoms with E-state index < -0.39 is 6.10 Å². The smallest absolute Gasteiger partial charge is 0.251 e. The molecule has 3 N–H and O–H groups in total. The molecule has 0 saturated carbocycles. The Bertz CT molecular complexity index is 958. The van der Waals surface area contributed by atoms with Crippen molar-refractivity contribution in [1.29, 1.82) is 0 Å². The van der Waals surface area contributed by atoms with Gasteiger partial charge in [0.15, 0.2) is 5.82 Å². The van der Waals surface area contributed by atoms with Gasteiger partial charge < -0.3 is 15.5 Å². The minimum absolute atomic E-state index is 0.0992. The number of benzene rings is 1. The van der Waals surface area contributed by atoms with Gasteiger partial charge in [0.1, 0.15) is 6.10 Å². The quantitative estimate of drug-likeness (QED) is 0.601. The largest absolute Gasteiger partial charge is 0.390 e. The molecule has 2 aromatic heterocycles. The summed E-state index contributed by atoms with van der Waals surface area (Å²) in [4.78, 5) is 25.9. The van der Waals surface area contributed by atoms with Crippen LogP contribution in [-0.4, -0.2) is 37.6 Å². The summed E-state index contributed by atoms with van der Waals surface area (Å²) in [5.74, 6) is 0.157. The lowest BCUT2D eigenvalue weighted by atomic mass is 10.0. The molecule has 0 aliphatic carbocycles. The summed E-state index contributed by atoms with van der Waals surface area (Å²) in [6.45, 7) is 3.59. The first-order chi connectivity index (χ1) is 13.0. The van der Waals surface area contributed by atoms with Crippen LogP contribution in [0, 0.1) is 13.8 Å². The minimum Gasteiger partial charge on any atom is -0.390 e. The van der Waals surface area contributed by atoms with Crippen molar-refractivity contribution in [2.45, 2.75) is 26.6 Å². The van der Waals surface area contributed by atoms with Gasteiger partial charge in [-0.05, 0) is 31.5 Å². The number of nitrogens with one attached hydrogen (secondary N) is 1. The first-order valence-electron chi connectivity index (χ1n) is 8.39. The molecule has 0 unspecified atom stereocenters. The lowest BCUT2D eigenvalue weighted by molar-refractivity contribution is 0.0917. The summed E-state index contributed by atoms with van der Waals surface area (Å²) in [6, 6.07) is 7.00. The van der Waals surface area contributed by atoms with Crippen LogP contribution in [0.1, 0.15) is 38.3 Å². The topological polar surface area (TPSA) is 108 Å². The Morgan fingerprint density at radius 1 is 1.26 bits per heavy atom. The standard InChI is InChI=1S/C19H20N4O3S/c1-11-3-4-13(18-20-6-5-14(9-24)23-18)7-15(11)19(26)21-8-16(25)17-12(2)22-10-27-17/h3-7,10,16,24-25H,8-9H2,1-2H3,(H,21,26)/t16-/m1/s1. The van der Waals surface area contributed by atoms with Crippen molar-refractivity contribution in [3.05, 3.63) is 63.4 Å². The van der Waals surface area contributed by atoms with Crippen LogP contribution >= 0.6 is 11.3 Å². The Balaban J connectivity index is 1.77. The van der Waals surface area contributed by atoms with Gasteiger partial charge in [-0.3, -0.25) is 4.79 Å². The monoisotopic (exact) mass is 384 g/mol. The average Bonchev–Trinajstić information content (AvgIpc) is 3.12. The number of nitrogens with zero attached hydrogens (tertiary/aromatic N) is 3. The zero-order chi connectivity index (χ0) is 19.4. The predicted molar refractivity (Wildman–Crippen MR) is 102 cm³/mol. The average molecular weight is 384 g/mol. The molecule has 0 aliphatic heterocycles. The molecular formula is C19H20N4O3S. The third-order valence-electron chi connectivity index (χ3n) is 4.16. The van der Waals surface area contributed by atoms with Crippen molar-refractivity contribution < 1.29 is 15.0 Å². The van der Waals surface area contributed by atoms with Gasteiger partial charge in [-0.15, -0.1) is 11.3 Å². The summed E-state index contributed by atoms with van der Waals surface area (Å²) in [6.07, 6.45) is 0.774. The van der Waals surface area contributed by atoms with Crippen LogP contribution in [0.5, 0.6) is 0 Å². The van der Waals surface area contributed by atoms with E-state index in [4.69, 9.17) is 0 Å². The highest BCUT2D eigenvalue weighted by molar-refractivity contribution is 7.09. The molecule has 7 nitrogen and oxygen atoms in total. The fourth-order valence-electron chi connectivity index (χ4n) is 2.64. The van der Waals surface area contributed by atoms with Crippen LogP contribution in [0.25, 0.3) is 11.4 Å². The molecule has 0 bridgehead atoms. The van der Waals surface area contributed by atoms with Gasteiger partial charge in [0.2, 0.25) is 0 Å². The Labute approximate surface area is 160 Å². The van der Waals surface area contributed by atoms with Gasteiger partial charge in [0, 0.05) is 23.9 Å². The molecule has 0 aliphatic rings. The summed E-state index contributed by atoms with van der Waals surface area (Å²) in [5, 5.41) is 22.3. The van der Waals surface area contributed by atoms with Crippen molar-refractivity contribution in [1.82, 2.24) is 20.3 Å². The molecule has 3 aromatic rings. The molecule has 1 amide bonds. The molecular weight excluding hydrogens is 364 g/mol. The zero-order valence-electron chi connectivity index (χ0n) is 15.0. The molecule has 1 aromatic carbocycles. The lowest BCUT2D eigenvalue weighted by Crippen LogP contribution is -2.29. The lowest BCUT2D eigenvalue weighted by Gasteiger charge is -2.13. The Morgan fingerprint density at radius 2 is 2.07 bits per heavy atom. The Kier molecular flexibility index (Phi) is 5.90. The van der Waals surface area contributed by atoms with Gasteiger partial charge in [-0.1, -0.05) is 12.1 Å². The summed E-state index contributed by atoms with van der Waals surface area (Å²) >= 11 is 1.36. The number of aliphatic hydroxyl groups is 2. The van der Waals surface area contributed by atoms with Crippen LogP contribution in [0.2, 0.25) is 0 Å². The SMILES string of the molecule is Cc1ccc(-c2nccc(CO)n2)cc1C(=O)NC[C@@H](O)c1scnc1C. The van der Waals surface area contributed by atoms with E-state index in [0.717, 1.165) is 16.1 Å². The predicted octanol–water partition coefficient (Wildman–Crippen LogP) is 2.17. The van der Waals surface area contributed by atoms with Crippen LogP contribution in [0.15, 0.2) is 36.0 Å². The van der Waals surface area contributed by atoms with Crippen molar-refractivity contribution >= 4 is 17.2 Å². The molecule has 0 radical (unpaired) electrons. The zero-order valence-corrected chi connectivity index (χ0v) is 15.8. The molecule has 2 heterocycles.